The van der Waals surface area contributed by atoms with Gasteiger partial charge in [-0.3, -0.25) is 5.73 Å². The molecule has 0 aliphatic carbocycles. The van der Waals surface area contributed by atoms with E-state index in [0.717, 1.165) is 0 Å². The van der Waals surface area contributed by atoms with E-state index in [1.54, 1.807) is 6.92 Å². The number of nitrogens with two attached hydrogens (primary N) is 1. The van der Waals surface area contributed by atoms with Gasteiger partial charge in [0.2, 0.25) is 0 Å². The molecule has 10 heavy (non-hydrogen) atoms. The van der Waals surface area contributed by atoms with Gasteiger partial charge in [0.15, 0.2) is 0 Å². The van der Waals surface area contributed by atoms with Gasteiger partial charge in [-0.05, 0) is 6.42 Å². The Hall–Kier alpha value is -0.810. The van der Waals surface area contributed by atoms with Gasteiger partial charge in [0.05, 0.1) is 0 Å². The molecule has 4 N–H and O–H groups in total. The van der Waals surface area contributed by atoms with Crippen molar-refractivity contribution in [3.8, 4) is 0 Å². The Morgan fingerprint density at radius 2 is 2.30 bits per heavy atom. The Morgan fingerprint density at radius 1 is 1.80 bits per heavy atom. The fraction of sp³-hybridized carbons (Fsp3) is 0.800. The maximum Gasteiger partial charge on any atom is 0.509 e. The molecule has 0 heterocycles. The topological polar surface area (TPSA) is 92.8 Å². The van der Waals surface area contributed by atoms with E-state index >= 15 is 0 Å². The summed E-state index contributed by atoms with van der Waals surface area (Å²) in [5.74, 6) is -2.03. The Labute approximate surface area is 58.4 Å². The lowest BCUT2D eigenvalue weighted by molar-refractivity contribution is -0.172. The summed E-state index contributed by atoms with van der Waals surface area (Å²) in [7, 11) is 0. The Bertz CT molecular complexity index is 123. The molecule has 0 aromatic carbocycles. The zero-order valence-corrected chi connectivity index (χ0v) is 5.70. The van der Waals surface area contributed by atoms with Crippen LogP contribution >= 0.6 is 0 Å². The number of hydrogen-bond donors (Lipinski definition) is 3. The van der Waals surface area contributed by atoms with Crippen LogP contribution in [0, 0.1) is 0 Å². The van der Waals surface area contributed by atoms with Gasteiger partial charge in [-0.25, -0.2) is 4.79 Å². The summed E-state index contributed by atoms with van der Waals surface area (Å²) in [4.78, 5) is 9.83. The zero-order valence-electron chi connectivity index (χ0n) is 5.70. The summed E-state index contributed by atoms with van der Waals surface area (Å²) in [5.41, 5.74) is 4.98. The normalized spacial score (nSPS) is 15.9. The molecular formula is C5H11NO4. The van der Waals surface area contributed by atoms with E-state index in [1.807, 2.05) is 0 Å². The smallest absolute Gasteiger partial charge is 0.450 e. The maximum absolute atomic E-state index is 9.83. The minimum atomic E-state index is -2.03. The highest BCUT2D eigenvalue weighted by atomic mass is 16.7. The van der Waals surface area contributed by atoms with Crippen LogP contribution in [0.15, 0.2) is 0 Å². The first-order valence-corrected chi connectivity index (χ1v) is 2.91. The van der Waals surface area contributed by atoms with E-state index in [0.29, 0.717) is 6.42 Å². The van der Waals surface area contributed by atoms with Crippen molar-refractivity contribution < 1.29 is 19.7 Å². The highest BCUT2D eigenvalue weighted by molar-refractivity contribution is 5.57. The van der Waals surface area contributed by atoms with Gasteiger partial charge < -0.3 is 14.9 Å². The summed E-state index contributed by atoms with van der Waals surface area (Å²) in [6.07, 6.45) is -0.919. The van der Waals surface area contributed by atoms with Crippen molar-refractivity contribution in [3.63, 3.8) is 0 Å². The standard InChI is InChI=1S/C5H11NO4/c1-2-3-5(6,9)10-4(7)8/h9H,2-3,6H2,1H3,(H,7,8). The summed E-state index contributed by atoms with van der Waals surface area (Å²) in [6.45, 7) is 1.75. The molecule has 5 heteroatoms. The molecule has 0 bridgehead atoms. The zero-order chi connectivity index (χ0) is 8.20. The van der Waals surface area contributed by atoms with Gasteiger partial charge >= 0.3 is 6.16 Å². The van der Waals surface area contributed by atoms with Crippen molar-refractivity contribution in [1.29, 1.82) is 0 Å². The number of carboxylic acid groups (broad SMARTS) is 1. The van der Waals surface area contributed by atoms with Crippen LogP contribution in [0.5, 0.6) is 0 Å². The molecule has 0 aliphatic rings. The summed E-state index contributed by atoms with van der Waals surface area (Å²) >= 11 is 0. The number of aliphatic hydroxyl groups is 1. The average molecular weight is 149 g/mol. The summed E-state index contributed by atoms with van der Waals surface area (Å²) < 4.78 is 3.93. The van der Waals surface area contributed by atoms with E-state index in [1.165, 1.54) is 0 Å². The SMILES string of the molecule is CCCC(N)(O)OC(=O)O. The predicted octanol–water partition coefficient (Wildman–Crippen LogP) is 0.0859. The van der Waals surface area contributed by atoms with Crippen molar-refractivity contribution in [3.05, 3.63) is 0 Å². The van der Waals surface area contributed by atoms with Gasteiger partial charge in [-0.2, -0.15) is 0 Å². The van der Waals surface area contributed by atoms with Gasteiger partial charge in [0, 0.05) is 6.42 Å². The van der Waals surface area contributed by atoms with Crippen LogP contribution in [0.3, 0.4) is 0 Å². The highest BCUT2D eigenvalue weighted by Crippen LogP contribution is 2.06. The molecule has 0 rings (SSSR count). The van der Waals surface area contributed by atoms with Crippen molar-refractivity contribution in [2.45, 2.75) is 25.7 Å². The van der Waals surface area contributed by atoms with Gasteiger partial charge in [-0.15, -0.1) is 0 Å². The van der Waals surface area contributed by atoms with Crippen LogP contribution in [0.4, 0.5) is 4.79 Å². The van der Waals surface area contributed by atoms with Gasteiger partial charge in [-0.1, -0.05) is 6.92 Å². The molecule has 0 saturated carbocycles. The molecule has 0 aromatic heterocycles. The summed E-state index contributed by atoms with van der Waals surface area (Å²) in [5, 5.41) is 16.9. The van der Waals surface area contributed by atoms with Crippen molar-refractivity contribution in [1.82, 2.24) is 0 Å². The first kappa shape index (κ1) is 9.19. The second-order valence-corrected chi connectivity index (χ2v) is 1.96. The molecule has 0 amide bonds. The fourth-order valence-corrected chi connectivity index (χ4v) is 0.560. The van der Waals surface area contributed by atoms with Crippen LogP contribution in [-0.4, -0.2) is 22.3 Å². The first-order chi connectivity index (χ1) is 4.48. The Kier molecular flexibility index (Phi) is 3.11. The maximum atomic E-state index is 9.83. The number of ether oxygens (including phenoxy) is 1. The van der Waals surface area contributed by atoms with Crippen LogP contribution < -0.4 is 5.73 Å². The van der Waals surface area contributed by atoms with Crippen molar-refractivity contribution in [2.75, 3.05) is 0 Å². The minimum Gasteiger partial charge on any atom is -0.450 e. The van der Waals surface area contributed by atoms with E-state index in [9.17, 15) is 4.79 Å². The molecule has 0 aliphatic heterocycles. The minimum absolute atomic E-state index is 0.0965. The molecule has 0 fully saturated rings. The van der Waals surface area contributed by atoms with Crippen LogP contribution in [0.25, 0.3) is 0 Å². The molecule has 0 spiro atoms. The quantitative estimate of drug-likeness (QED) is 0.390. The fourth-order valence-electron chi connectivity index (χ4n) is 0.560. The number of hydrogen-bond acceptors (Lipinski definition) is 4. The van der Waals surface area contributed by atoms with Crippen molar-refractivity contribution in [2.24, 2.45) is 5.73 Å². The largest absolute Gasteiger partial charge is 0.509 e. The molecule has 1 atom stereocenters. The van der Waals surface area contributed by atoms with Crippen LogP contribution in [0.1, 0.15) is 19.8 Å². The second-order valence-electron chi connectivity index (χ2n) is 1.96. The molecule has 60 valence electrons. The lowest BCUT2D eigenvalue weighted by Crippen LogP contribution is -2.43. The Balaban J connectivity index is 3.74. The lowest BCUT2D eigenvalue weighted by atomic mass is 10.3. The average Bonchev–Trinajstić information content (AvgIpc) is 1.59. The third kappa shape index (κ3) is 4.11. The third-order valence-electron chi connectivity index (χ3n) is 0.872. The second kappa shape index (κ2) is 3.38. The molecule has 0 saturated heterocycles. The van der Waals surface area contributed by atoms with Gasteiger partial charge in [0.1, 0.15) is 0 Å². The summed E-state index contributed by atoms with van der Waals surface area (Å²) in [6, 6.07) is 0. The van der Waals surface area contributed by atoms with Crippen molar-refractivity contribution >= 4 is 6.16 Å². The third-order valence-corrected chi connectivity index (χ3v) is 0.872. The molecular weight excluding hydrogens is 138 g/mol. The van der Waals surface area contributed by atoms with Gasteiger partial charge in [0.25, 0.3) is 5.91 Å². The molecule has 5 nitrogen and oxygen atoms in total. The predicted molar refractivity (Wildman–Crippen MR) is 33.2 cm³/mol. The first-order valence-electron chi connectivity index (χ1n) is 2.91. The number of rotatable bonds is 3. The highest BCUT2D eigenvalue weighted by Gasteiger charge is 2.24. The van der Waals surface area contributed by atoms with E-state index in [2.05, 4.69) is 4.74 Å². The van der Waals surface area contributed by atoms with Crippen LogP contribution in [-0.2, 0) is 4.74 Å². The molecule has 0 radical (unpaired) electrons. The van der Waals surface area contributed by atoms with E-state index in [4.69, 9.17) is 15.9 Å². The monoisotopic (exact) mass is 149 g/mol. The number of carbonyl (C=O) groups is 1. The van der Waals surface area contributed by atoms with E-state index < -0.39 is 12.1 Å². The van der Waals surface area contributed by atoms with E-state index in [-0.39, 0.29) is 6.42 Å². The van der Waals surface area contributed by atoms with Crippen LogP contribution in [0.2, 0.25) is 0 Å². The lowest BCUT2D eigenvalue weighted by Gasteiger charge is -2.19. The molecule has 1 unspecified atom stereocenters. The molecule has 0 aromatic rings. The Morgan fingerprint density at radius 3 is 2.60 bits per heavy atom.